The maximum absolute atomic E-state index is 2.47. The van der Waals surface area contributed by atoms with Gasteiger partial charge in [0.2, 0.25) is 0 Å². The highest BCUT2D eigenvalue weighted by Gasteiger charge is 2.21. The molecule has 0 N–H and O–H groups in total. The highest BCUT2D eigenvalue weighted by molar-refractivity contribution is 6.24. The zero-order chi connectivity index (χ0) is 33.2. The molecule has 0 amide bonds. The largest absolute Gasteiger partial charge is 0.310 e. The molecule has 4 aromatic heterocycles. The molecule has 0 radical (unpaired) electrons. The molecule has 0 saturated heterocycles. The molecule has 1 aliphatic carbocycles. The van der Waals surface area contributed by atoms with Crippen LogP contribution in [0.4, 0.5) is 0 Å². The van der Waals surface area contributed by atoms with Gasteiger partial charge in [-0.05, 0) is 90.7 Å². The number of benzene rings is 7. The Balaban J connectivity index is 1.09. The van der Waals surface area contributed by atoms with Gasteiger partial charge < -0.3 is 13.5 Å². The minimum absolute atomic E-state index is 1.08. The summed E-state index contributed by atoms with van der Waals surface area (Å²) in [6.45, 7) is 0. The Morgan fingerprint density at radius 2 is 0.843 bits per heavy atom. The van der Waals surface area contributed by atoms with Crippen molar-refractivity contribution in [3.8, 4) is 16.8 Å². The minimum atomic E-state index is 1.08. The van der Waals surface area contributed by atoms with Crippen LogP contribution in [0.25, 0.3) is 104 Å². The van der Waals surface area contributed by atoms with E-state index in [1.807, 2.05) is 0 Å². The lowest BCUT2D eigenvalue weighted by Gasteiger charge is -2.12. The first-order chi connectivity index (χ1) is 25.3. The number of hydrogen-bond acceptors (Lipinski definition) is 0. The first kappa shape index (κ1) is 27.3. The molecule has 1 aliphatic rings. The SMILES string of the molecule is C1=CC(n2c3ccccc3c3cc(-c4ccc5c(c4)c4ccccc4n5-c4cc5c6ccccc6n6c7ccccc7c(c4)c56)ccc32)=CCC1. The topological polar surface area (TPSA) is 14.3 Å². The first-order valence-electron chi connectivity index (χ1n) is 17.9. The van der Waals surface area contributed by atoms with E-state index >= 15 is 0 Å². The van der Waals surface area contributed by atoms with Crippen LogP contribution in [-0.2, 0) is 0 Å². The number of fused-ring (bicyclic) bond motifs is 12. The Morgan fingerprint density at radius 3 is 1.39 bits per heavy atom. The third-order valence-electron chi connectivity index (χ3n) is 11.4. The van der Waals surface area contributed by atoms with Gasteiger partial charge in [-0.15, -0.1) is 0 Å². The van der Waals surface area contributed by atoms with E-state index in [0.717, 1.165) is 12.8 Å². The fraction of sp³-hybridized carbons (Fsp3) is 0.0417. The second kappa shape index (κ2) is 9.99. The Hall–Kier alpha value is -6.58. The Morgan fingerprint density at radius 1 is 0.373 bits per heavy atom. The average molecular weight is 650 g/mol. The number of rotatable bonds is 3. The van der Waals surface area contributed by atoms with Gasteiger partial charge in [-0.2, -0.15) is 0 Å². The van der Waals surface area contributed by atoms with Crippen molar-refractivity contribution in [2.75, 3.05) is 0 Å². The molecule has 51 heavy (non-hydrogen) atoms. The van der Waals surface area contributed by atoms with Crippen LogP contribution in [0.1, 0.15) is 12.8 Å². The third-order valence-corrected chi connectivity index (χ3v) is 11.4. The zero-order valence-corrected chi connectivity index (χ0v) is 27.8. The van der Waals surface area contributed by atoms with Crippen LogP contribution in [0, 0.1) is 0 Å². The molecule has 0 spiro atoms. The fourth-order valence-electron chi connectivity index (χ4n) is 9.19. The molecule has 11 aromatic rings. The molecule has 3 nitrogen and oxygen atoms in total. The molecule has 238 valence electrons. The van der Waals surface area contributed by atoms with Gasteiger partial charge in [0.1, 0.15) is 0 Å². The Labute approximate surface area is 293 Å². The van der Waals surface area contributed by atoms with Crippen molar-refractivity contribution >= 4 is 87.4 Å². The summed E-state index contributed by atoms with van der Waals surface area (Å²) < 4.78 is 7.35. The highest BCUT2D eigenvalue weighted by Crippen LogP contribution is 2.43. The summed E-state index contributed by atoms with van der Waals surface area (Å²) in [6.07, 6.45) is 9.12. The van der Waals surface area contributed by atoms with Crippen molar-refractivity contribution in [3.63, 3.8) is 0 Å². The zero-order valence-electron chi connectivity index (χ0n) is 27.8. The lowest BCUT2D eigenvalue weighted by Crippen LogP contribution is -1.96. The number of para-hydroxylation sites is 4. The predicted molar refractivity (Wildman–Crippen MR) is 217 cm³/mol. The molecule has 12 rings (SSSR count). The van der Waals surface area contributed by atoms with Crippen LogP contribution in [0.2, 0.25) is 0 Å². The lowest BCUT2D eigenvalue weighted by atomic mass is 10.0. The van der Waals surface area contributed by atoms with E-state index < -0.39 is 0 Å². The van der Waals surface area contributed by atoms with Crippen LogP contribution in [0.3, 0.4) is 0 Å². The lowest BCUT2D eigenvalue weighted by molar-refractivity contribution is 1.02. The van der Waals surface area contributed by atoms with Crippen LogP contribution in [0.15, 0.2) is 164 Å². The first-order valence-corrected chi connectivity index (χ1v) is 17.9. The molecular formula is C48H31N3. The fourth-order valence-corrected chi connectivity index (χ4v) is 9.19. The second-order valence-electron chi connectivity index (χ2n) is 14.0. The smallest absolute Gasteiger partial charge is 0.0622 e. The standard InChI is InChI=1S/C48H31N3/c1-2-12-32(13-3-1)49-42-18-8-4-14-34(42)38-26-30(22-24-46(38)49)31-23-25-47-39(27-31)35-15-5-9-19-43(35)50(47)33-28-40-36-16-6-10-20-44(36)51-45-21-11-7-17-37(45)41(29-33)48(40)51/h2,4-29H,1,3H2. The Bertz CT molecular complexity index is 3220. The van der Waals surface area contributed by atoms with Gasteiger partial charge in [0.05, 0.1) is 38.6 Å². The van der Waals surface area contributed by atoms with Crippen LogP contribution < -0.4 is 0 Å². The molecule has 4 heterocycles. The van der Waals surface area contributed by atoms with Crippen molar-refractivity contribution in [3.05, 3.63) is 164 Å². The third kappa shape index (κ3) is 3.62. The summed E-state index contributed by atoms with van der Waals surface area (Å²) in [6, 6.07) is 54.2. The van der Waals surface area contributed by atoms with Gasteiger partial charge in [-0.25, -0.2) is 0 Å². The highest BCUT2D eigenvalue weighted by atomic mass is 15.0. The van der Waals surface area contributed by atoms with Gasteiger partial charge in [-0.1, -0.05) is 97.1 Å². The van der Waals surface area contributed by atoms with E-state index in [2.05, 4.69) is 177 Å². The summed E-state index contributed by atoms with van der Waals surface area (Å²) in [5.41, 5.74) is 13.7. The molecule has 0 saturated carbocycles. The normalized spacial score (nSPS) is 13.8. The number of nitrogens with zero attached hydrogens (tertiary/aromatic N) is 3. The number of allylic oxidation sites excluding steroid dienone is 4. The monoisotopic (exact) mass is 649 g/mol. The Kier molecular flexibility index (Phi) is 5.34. The maximum atomic E-state index is 2.47. The molecule has 0 fully saturated rings. The molecule has 0 atom stereocenters. The molecule has 7 aromatic carbocycles. The van der Waals surface area contributed by atoms with Gasteiger partial charge >= 0.3 is 0 Å². The van der Waals surface area contributed by atoms with E-state index in [0.29, 0.717) is 0 Å². The number of aromatic nitrogens is 3. The van der Waals surface area contributed by atoms with Crippen LogP contribution in [0.5, 0.6) is 0 Å². The van der Waals surface area contributed by atoms with Crippen LogP contribution >= 0.6 is 0 Å². The minimum Gasteiger partial charge on any atom is -0.310 e. The maximum Gasteiger partial charge on any atom is 0.0622 e. The van der Waals surface area contributed by atoms with Gasteiger partial charge in [0.25, 0.3) is 0 Å². The van der Waals surface area contributed by atoms with E-state index in [1.165, 1.54) is 104 Å². The van der Waals surface area contributed by atoms with Crippen molar-refractivity contribution in [2.24, 2.45) is 0 Å². The summed E-state index contributed by atoms with van der Waals surface area (Å²) in [5.74, 6) is 0. The van der Waals surface area contributed by atoms with Crippen molar-refractivity contribution in [2.45, 2.75) is 12.8 Å². The van der Waals surface area contributed by atoms with Gasteiger partial charge in [-0.3, -0.25) is 0 Å². The molecular weight excluding hydrogens is 619 g/mol. The van der Waals surface area contributed by atoms with E-state index in [4.69, 9.17) is 0 Å². The summed E-state index contributed by atoms with van der Waals surface area (Å²) >= 11 is 0. The van der Waals surface area contributed by atoms with Crippen molar-refractivity contribution < 1.29 is 0 Å². The predicted octanol–water partition coefficient (Wildman–Crippen LogP) is 12.9. The quantitative estimate of drug-likeness (QED) is 0.181. The molecule has 3 heteroatoms. The second-order valence-corrected chi connectivity index (χ2v) is 14.0. The summed E-state index contributed by atoms with van der Waals surface area (Å²) in [4.78, 5) is 0. The number of hydrogen-bond donors (Lipinski definition) is 0. The average Bonchev–Trinajstić information content (AvgIpc) is 3.92. The molecule has 0 unspecified atom stereocenters. The molecule has 0 bridgehead atoms. The molecule has 0 aliphatic heterocycles. The van der Waals surface area contributed by atoms with Crippen molar-refractivity contribution in [1.29, 1.82) is 0 Å². The van der Waals surface area contributed by atoms with E-state index in [-0.39, 0.29) is 0 Å². The van der Waals surface area contributed by atoms with Gasteiger partial charge in [0.15, 0.2) is 0 Å². The van der Waals surface area contributed by atoms with Crippen LogP contribution in [-0.4, -0.2) is 13.5 Å². The summed E-state index contributed by atoms with van der Waals surface area (Å²) in [7, 11) is 0. The van der Waals surface area contributed by atoms with E-state index in [9.17, 15) is 0 Å². The summed E-state index contributed by atoms with van der Waals surface area (Å²) in [5, 5.41) is 10.3. The van der Waals surface area contributed by atoms with Crippen molar-refractivity contribution in [1.82, 2.24) is 13.5 Å². The van der Waals surface area contributed by atoms with Gasteiger partial charge in [0, 0.05) is 54.5 Å². The van der Waals surface area contributed by atoms with E-state index in [1.54, 1.807) is 0 Å².